The van der Waals surface area contributed by atoms with Crippen LogP contribution in [0.5, 0.6) is 0 Å². The molecule has 0 saturated heterocycles. The summed E-state index contributed by atoms with van der Waals surface area (Å²) in [5.74, 6) is 0.155. The molecule has 2 aliphatic rings. The molecule has 1 aromatic carbocycles. The number of aromatic nitrogens is 2. The van der Waals surface area contributed by atoms with E-state index in [0.717, 1.165) is 54.6 Å². The average molecular weight is 394 g/mol. The van der Waals surface area contributed by atoms with E-state index < -0.39 is 5.97 Å². The van der Waals surface area contributed by atoms with Gasteiger partial charge in [0.15, 0.2) is 0 Å². The fourth-order valence-electron chi connectivity index (χ4n) is 4.88. The van der Waals surface area contributed by atoms with Gasteiger partial charge in [-0.1, -0.05) is 30.3 Å². The Hall–Kier alpha value is -2.47. The highest BCUT2D eigenvalue weighted by Gasteiger charge is 2.47. The van der Waals surface area contributed by atoms with E-state index in [0.29, 0.717) is 11.5 Å². The number of anilines is 1. The van der Waals surface area contributed by atoms with E-state index >= 15 is 0 Å². The van der Waals surface area contributed by atoms with Crippen molar-refractivity contribution in [2.24, 2.45) is 11.3 Å². The maximum absolute atomic E-state index is 11.2. The van der Waals surface area contributed by atoms with E-state index in [1.165, 1.54) is 10.4 Å². The standard InChI is InChI=1S/C22H23N3O2S/c26-21(27)15-6-8-22(9-7-15)11-16(12-22)25-19-17-10-18(14-4-2-1-3-5-14)28-20(17)24-13-23-19/h1-5,10,13,15-16H,6-9,11-12H2,(H,26,27)(H,23,24,25). The second kappa shape index (κ2) is 6.85. The zero-order valence-corrected chi connectivity index (χ0v) is 16.4. The van der Waals surface area contributed by atoms with E-state index in [-0.39, 0.29) is 5.92 Å². The van der Waals surface area contributed by atoms with E-state index in [9.17, 15) is 9.90 Å². The Balaban J connectivity index is 1.29. The first-order valence-corrected chi connectivity index (χ1v) is 10.7. The second-order valence-electron chi connectivity index (χ2n) is 8.28. The molecule has 2 N–H and O–H groups in total. The Bertz CT molecular complexity index is 1000. The van der Waals surface area contributed by atoms with Gasteiger partial charge in [0.1, 0.15) is 17.0 Å². The molecule has 2 aromatic heterocycles. The third kappa shape index (κ3) is 3.15. The minimum atomic E-state index is -0.626. The van der Waals surface area contributed by atoms with Crippen molar-refractivity contribution in [3.8, 4) is 10.4 Å². The number of carboxylic acids is 1. The van der Waals surface area contributed by atoms with E-state index in [1.807, 2.05) is 6.07 Å². The molecule has 3 aromatic rings. The van der Waals surface area contributed by atoms with Gasteiger partial charge in [-0.15, -0.1) is 11.3 Å². The molecular formula is C22H23N3O2S. The van der Waals surface area contributed by atoms with Crippen LogP contribution in [0, 0.1) is 11.3 Å². The first kappa shape index (κ1) is 17.6. The molecule has 2 aliphatic carbocycles. The van der Waals surface area contributed by atoms with Gasteiger partial charge in [0.05, 0.1) is 11.3 Å². The SMILES string of the molecule is O=C(O)C1CCC2(CC1)CC(Nc1ncnc3sc(-c4ccccc4)cc13)C2. The van der Waals surface area contributed by atoms with Crippen LogP contribution in [0.15, 0.2) is 42.7 Å². The van der Waals surface area contributed by atoms with Gasteiger partial charge in [-0.25, -0.2) is 9.97 Å². The van der Waals surface area contributed by atoms with Gasteiger partial charge in [-0.05, 0) is 55.6 Å². The number of carboxylic acid groups (broad SMARTS) is 1. The van der Waals surface area contributed by atoms with Crippen molar-refractivity contribution in [3.63, 3.8) is 0 Å². The lowest BCUT2D eigenvalue weighted by molar-refractivity contribution is -0.144. The largest absolute Gasteiger partial charge is 0.481 e. The Morgan fingerprint density at radius 2 is 1.89 bits per heavy atom. The summed E-state index contributed by atoms with van der Waals surface area (Å²) < 4.78 is 0. The lowest BCUT2D eigenvalue weighted by Crippen LogP contribution is -2.47. The molecule has 1 spiro atoms. The van der Waals surface area contributed by atoms with Crippen molar-refractivity contribution >= 4 is 33.3 Å². The number of hydrogen-bond donors (Lipinski definition) is 2. The van der Waals surface area contributed by atoms with Crippen LogP contribution < -0.4 is 5.32 Å². The van der Waals surface area contributed by atoms with Crippen molar-refractivity contribution in [2.75, 3.05) is 5.32 Å². The molecule has 28 heavy (non-hydrogen) atoms. The minimum Gasteiger partial charge on any atom is -0.481 e. The summed E-state index contributed by atoms with van der Waals surface area (Å²) in [6.45, 7) is 0. The number of nitrogens with one attached hydrogen (secondary N) is 1. The molecule has 0 radical (unpaired) electrons. The minimum absolute atomic E-state index is 0.138. The molecule has 6 heteroatoms. The Kier molecular flexibility index (Phi) is 4.31. The number of aliphatic carboxylic acids is 1. The predicted molar refractivity (Wildman–Crippen MR) is 112 cm³/mol. The number of rotatable bonds is 4. The number of nitrogens with zero attached hydrogens (tertiary/aromatic N) is 2. The highest BCUT2D eigenvalue weighted by atomic mass is 32.1. The summed E-state index contributed by atoms with van der Waals surface area (Å²) >= 11 is 1.69. The third-order valence-electron chi connectivity index (χ3n) is 6.48. The lowest BCUT2D eigenvalue weighted by Gasteiger charge is -2.51. The normalized spacial score (nSPS) is 26.9. The zero-order valence-electron chi connectivity index (χ0n) is 15.6. The first-order valence-electron chi connectivity index (χ1n) is 9.91. The smallest absolute Gasteiger partial charge is 0.306 e. The quantitative estimate of drug-likeness (QED) is 0.638. The zero-order chi connectivity index (χ0) is 19.1. The maximum atomic E-state index is 11.2. The Labute approximate surface area is 167 Å². The molecule has 2 fully saturated rings. The van der Waals surface area contributed by atoms with Crippen molar-refractivity contribution < 1.29 is 9.90 Å². The van der Waals surface area contributed by atoms with Crippen molar-refractivity contribution in [3.05, 3.63) is 42.7 Å². The number of thiophene rings is 1. The number of fused-ring (bicyclic) bond motifs is 1. The van der Waals surface area contributed by atoms with Gasteiger partial charge in [-0.2, -0.15) is 0 Å². The van der Waals surface area contributed by atoms with Crippen LogP contribution in [-0.2, 0) is 4.79 Å². The Morgan fingerprint density at radius 3 is 2.61 bits per heavy atom. The predicted octanol–water partition coefficient (Wildman–Crippen LogP) is 5.19. The number of benzene rings is 1. The van der Waals surface area contributed by atoms with Crippen molar-refractivity contribution in [1.82, 2.24) is 9.97 Å². The van der Waals surface area contributed by atoms with Crippen molar-refractivity contribution in [2.45, 2.75) is 44.6 Å². The third-order valence-corrected chi connectivity index (χ3v) is 7.58. The maximum Gasteiger partial charge on any atom is 0.306 e. The van der Waals surface area contributed by atoms with Crippen LogP contribution in [0.1, 0.15) is 38.5 Å². The molecule has 0 unspecified atom stereocenters. The average Bonchev–Trinajstić information content (AvgIpc) is 3.13. The summed E-state index contributed by atoms with van der Waals surface area (Å²) in [7, 11) is 0. The molecule has 2 saturated carbocycles. The monoisotopic (exact) mass is 393 g/mol. The highest BCUT2D eigenvalue weighted by molar-refractivity contribution is 7.21. The summed E-state index contributed by atoms with van der Waals surface area (Å²) in [5.41, 5.74) is 1.55. The van der Waals surface area contributed by atoms with Crippen LogP contribution in [0.25, 0.3) is 20.7 Å². The summed E-state index contributed by atoms with van der Waals surface area (Å²) in [6, 6.07) is 13.0. The van der Waals surface area contributed by atoms with E-state index in [4.69, 9.17) is 0 Å². The van der Waals surface area contributed by atoms with Crippen LogP contribution in [-0.4, -0.2) is 27.1 Å². The summed E-state index contributed by atoms with van der Waals surface area (Å²) in [6.07, 6.45) is 7.59. The molecular weight excluding hydrogens is 370 g/mol. The van der Waals surface area contributed by atoms with Crippen LogP contribution in [0.4, 0.5) is 5.82 Å². The molecule has 2 heterocycles. The van der Waals surface area contributed by atoms with Gasteiger partial charge >= 0.3 is 5.97 Å². The summed E-state index contributed by atoms with van der Waals surface area (Å²) in [5, 5.41) is 13.9. The van der Waals surface area contributed by atoms with Crippen LogP contribution in [0.3, 0.4) is 0 Å². The molecule has 0 bridgehead atoms. The van der Waals surface area contributed by atoms with E-state index in [2.05, 4.69) is 45.6 Å². The first-order chi connectivity index (χ1) is 13.6. The van der Waals surface area contributed by atoms with Gasteiger partial charge in [0.2, 0.25) is 0 Å². The lowest BCUT2D eigenvalue weighted by atomic mass is 9.57. The van der Waals surface area contributed by atoms with Gasteiger partial charge in [0, 0.05) is 10.9 Å². The molecule has 144 valence electrons. The molecule has 5 rings (SSSR count). The molecule has 0 amide bonds. The molecule has 0 aliphatic heterocycles. The van der Waals surface area contributed by atoms with E-state index in [1.54, 1.807) is 17.7 Å². The van der Waals surface area contributed by atoms with Crippen molar-refractivity contribution in [1.29, 1.82) is 0 Å². The number of hydrogen-bond acceptors (Lipinski definition) is 5. The topological polar surface area (TPSA) is 75.1 Å². The molecule has 0 atom stereocenters. The summed E-state index contributed by atoms with van der Waals surface area (Å²) in [4.78, 5) is 22.4. The fraction of sp³-hybridized carbons (Fsp3) is 0.409. The van der Waals surface area contributed by atoms with Gasteiger partial charge in [0.25, 0.3) is 0 Å². The van der Waals surface area contributed by atoms with Gasteiger partial charge < -0.3 is 10.4 Å². The highest BCUT2D eigenvalue weighted by Crippen LogP contribution is 2.53. The van der Waals surface area contributed by atoms with Crippen LogP contribution in [0.2, 0.25) is 0 Å². The van der Waals surface area contributed by atoms with Gasteiger partial charge in [-0.3, -0.25) is 4.79 Å². The molecule has 5 nitrogen and oxygen atoms in total. The fourth-order valence-corrected chi connectivity index (χ4v) is 5.89. The Morgan fingerprint density at radius 1 is 1.14 bits per heavy atom. The number of carbonyl (C=O) groups is 1. The van der Waals surface area contributed by atoms with Crippen LogP contribution >= 0.6 is 11.3 Å². The second-order valence-corrected chi connectivity index (χ2v) is 9.31.